The first kappa shape index (κ1) is 18.8. The molecule has 0 radical (unpaired) electrons. The average molecular weight is 276 g/mol. The van der Waals surface area contributed by atoms with Gasteiger partial charge in [-0.3, -0.25) is 0 Å². The molecule has 0 aliphatic rings. The van der Waals surface area contributed by atoms with E-state index in [2.05, 4.69) is 24.1 Å². The molecule has 116 valence electrons. The molecule has 2 N–H and O–H groups in total. The minimum Gasteiger partial charge on any atom is -0.394 e. The fourth-order valence-corrected chi connectivity index (χ4v) is 2.04. The molecule has 19 heavy (non-hydrogen) atoms. The molecule has 0 fully saturated rings. The van der Waals surface area contributed by atoms with Crippen LogP contribution in [0.25, 0.3) is 0 Å². The van der Waals surface area contributed by atoms with Gasteiger partial charge in [0.15, 0.2) is 0 Å². The third-order valence-corrected chi connectivity index (χ3v) is 3.37. The number of nitrogens with zero attached hydrogens (tertiary/aromatic N) is 1. The summed E-state index contributed by atoms with van der Waals surface area (Å²) in [4.78, 5) is 2.37. The molecule has 0 aromatic rings. The SMILES string of the molecule is CCNC(C)(CO)CCN(CCCOC)CCOC. The van der Waals surface area contributed by atoms with Crippen molar-refractivity contribution >= 4 is 0 Å². The van der Waals surface area contributed by atoms with Crippen LogP contribution < -0.4 is 5.32 Å². The van der Waals surface area contributed by atoms with E-state index >= 15 is 0 Å². The van der Waals surface area contributed by atoms with Gasteiger partial charge < -0.3 is 24.8 Å². The molecular weight excluding hydrogens is 244 g/mol. The van der Waals surface area contributed by atoms with Gasteiger partial charge in [0.05, 0.1) is 13.2 Å². The maximum Gasteiger partial charge on any atom is 0.0611 e. The Balaban J connectivity index is 4.13. The number of rotatable bonds is 13. The molecule has 0 aromatic carbocycles. The van der Waals surface area contributed by atoms with Gasteiger partial charge in [-0.25, -0.2) is 0 Å². The topological polar surface area (TPSA) is 54.0 Å². The van der Waals surface area contributed by atoms with Gasteiger partial charge in [0.2, 0.25) is 0 Å². The smallest absolute Gasteiger partial charge is 0.0611 e. The van der Waals surface area contributed by atoms with E-state index in [0.29, 0.717) is 0 Å². The maximum atomic E-state index is 9.49. The maximum absolute atomic E-state index is 9.49. The third-order valence-electron chi connectivity index (χ3n) is 3.37. The molecule has 0 amide bonds. The van der Waals surface area contributed by atoms with E-state index in [-0.39, 0.29) is 12.1 Å². The molecule has 0 aliphatic heterocycles. The summed E-state index contributed by atoms with van der Waals surface area (Å²) in [5.41, 5.74) is -0.193. The Hall–Kier alpha value is -0.200. The molecule has 5 heteroatoms. The quantitative estimate of drug-likeness (QED) is 0.486. The molecule has 0 aromatic heterocycles. The highest BCUT2D eigenvalue weighted by atomic mass is 16.5. The third kappa shape index (κ3) is 9.35. The van der Waals surface area contributed by atoms with Crippen molar-refractivity contribution < 1.29 is 14.6 Å². The molecule has 1 atom stereocenters. The normalized spacial score (nSPS) is 14.8. The minimum absolute atomic E-state index is 0.164. The monoisotopic (exact) mass is 276 g/mol. The van der Waals surface area contributed by atoms with E-state index in [1.165, 1.54) is 0 Å². The Morgan fingerprint density at radius 3 is 2.32 bits per heavy atom. The predicted octanol–water partition coefficient (Wildman–Crippen LogP) is 0.722. The number of hydrogen-bond donors (Lipinski definition) is 2. The Morgan fingerprint density at radius 2 is 1.79 bits per heavy atom. The number of methoxy groups -OCH3 is 2. The summed E-state index contributed by atoms with van der Waals surface area (Å²) in [6, 6.07) is 0. The Labute approximate surface area is 118 Å². The van der Waals surface area contributed by atoms with E-state index in [4.69, 9.17) is 9.47 Å². The van der Waals surface area contributed by atoms with E-state index in [0.717, 1.165) is 52.2 Å². The zero-order valence-electron chi connectivity index (χ0n) is 13.1. The number of hydrogen-bond acceptors (Lipinski definition) is 5. The molecule has 1 unspecified atom stereocenters. The van der Waals surface area contributed by atoms with Crippen LogP contribution in [0.4, 0.5) is 0 Å². The fraction of sp³-hybridized carbons (Fsp3) is 1.00. The van der Waals surface area contributed by atoms with Gasteiger partial charge in [-0.05, 0) is 26.3 Å². The van der Waals surface area contributed by atoms with Gasteiger partial charge in [-0.2, -0.15) is 0 Å². The van der Waals surface area contributed by atoms with Crippen LogP contribution in [0.2, 0.25) is 0 Å². The lowest BCUT2D eigenvalue weighted by Gasteiger charge is -2.31. The van der Waals surface area contributed by atoms with Crippen molar-refractivity contribution in [2.24, 2.45) is 0 Å². The lowest BCUT2D eigenvalue weighted by Crippen LogP contribution is -2.48. The number of aliphatic hydroxyl groups excluding tert-OH is 1. The van der Waals surface area contributed by atoms with Gasteiger partial charge in [0, 0.05) is 46.0 Å². The first-order valence-corrected chi connectivity index (χ1v) is 7.18. The van der Waals surface area contributed by atoms with Crippen molar-refractivity contribution in [3.8, 4) is 0 Å². The highest BCUT2D eigenvalue weighted by molar-refractivity contribution is 4.83. The van der Waals surface area contributed by atoms with Crippen molar-refractivity contribution in [1.29, 1.82) is 0 Å². The van der Waals surface area contributed by atoms with E-state index in [9.17, 15) is 5.11 Å². The summed E-state index contributed by atoms with van der Waals surface area (Å²) in [6.07, 6.45) is 1.95. The predicted molar refractivity (Wildman–Crippen MR) is 78.6 cm³/mol. The number of ether oxygens (including phenoxy) is 2. The van der Waals surface area contributed by atoms with Crippen LogP contribution >= 0.6 is 0 Å². The Kier molecular flexibility index (Phi) is 11.5. The lowest BCUT2D eigenvalue weighted by molar-refractivity contribution is 0.112. The zero-order chi connectivity index (χ0) is 14.6. The second-order valence-electron chi connectivity index (χ2n) is 5.18. The van der Waals surface area contributed by atoms with E-state index < -0.39 is 0 Å². The second-order valence-corrected chi connectivity index (χ2v) is 5.18. The van der Waals surface area contributed by atoms with E-state index in [1.807, 2.05) is 0 Å². The number of aliphatic hydroxyl groups is 1. The van der Waals surface area contributed by atoms with Crippen molar-refractivity contribution in [2.75, 3.05) is 60.2 Å². The minimum atomic E-state index is -0.193. The van der Waals surface area contributed by atoms with Gasteiger partial charge in [0.1, 0.15) is 0 Å². The van der Waals surface area contributed by atoms with Crippen LogP contribution in [0.3, 0.4) is 0 Å². The fourth-order valence-electron chi connectivity index (χ4n) is 2.04. The molecule has 5 nitrogen and oxygen atoms in total. The van der Waals surface area contributed by atoms with Crippen LogP contribution in [0.1, 0.15) is 26.7 Å². The number of nitrogens with one attached hydrogen (secondary N) is 1. The Bertz CT molecular complexity index is 205. The van der Waals surface area contributed by atoms with Crippen molar-refractivity contribution in [2.45, 2.75) is 32.2 Å². The van der Waals surface area contributed by atoms with Crippen LogP contribution in [-0.4, -0.2) is 75.8 Å². The van der Waals surface area contributed by atoms with Gasteiger partial charge in [-0.1, -0.05) is 6.92 Å². The van der Waals surface area contributed by atoms with Gasteiger partial charge in [-0.15, -0.1) is 0 Å². The molecule has 0 aliphatic carbocycles. The molecule has 0 rings (SSSR count). The Morgan fingerprint density at radius 1 is 1.11 bits per heavy atom. The zero-order valence-corrected chi connectivity index (χ0v) is 13.1. The van der Waals surface area contributed by atoms with Crippen LogP contribution in [-0.2, 0) is 9.47 Å². The highest BCUT2D eigenvalue weighted by Crippen LogP contribution is 2.10. The molecule has 0 heterocycles. The van der Waals surface area contributed by atoms with Crippen LogP contribution in [0.5, 0.6) is 0 Å². The van der Waals surface area contributed by atoms with Gasteiger partial charge in [0.25, 0.3) is 0 Å². The summed E-state index contributed by atoms with van der Waals surface area (Å²) in [5, 5.41) is 12.8. The summed E-state index contributed by atoms with van der Waals surface area (Å²) < 4.78 is 10.2. The molecule has 0 spiro atoms. The lowest BCUT2D eigenvalue weighted by atomic mass is 9.98. The summed E-state index contributed by atoms with van der Waals surface area (Å²) in [7, 11) is 3.46. The van der Waals surface area contributed by atoms with Crippen molar-refractivity contribution in [3.63, 3.8) is 0 Å². The van der Waals surface area contributed by atoms with Gasteiger partial charge >= 0.3 is 0 Å². The van der Waals surface area contributed by atoms with Crippen LogP contribution in [0.15, 0.2) is 0 Å². The molecule has 0 saturated heterocycles. The summed E-state index contributed by atoms with van der Waals surface area (Å²) >= 11 is 0. The molecule has 0 bridgehead atoms. The second kappa shape index (κ2) is 11.6. The van der Waals surface area contributed by atoms with Crippen molar-refractivity contribution in [3.05, 3.63) is 0 Å². The molecule has 0 saturated carbocycles. The first-order chi connectivity index (χ1) is 9.11. The summed E-state index contributed by atoms with van der Waals surface area (Å²) in [5.74, 6) is 0. The first-order valence-electron chi connectivity index (χ1n) is 7.18. The summed E-state index contributed by atoms with van der Waals surface area (Å²) in [6.45, 7) is 9.58. The average Bonchev–Trinajstić information content (AvgIpc) is 2.41. The standard InChI is InChI=1S/C14H32N2O3/c1-5-15-14(2,13-17)7-9-16(10-12-19-4)8-6-11-18-3/h15,17H,5-13H2,1-4H3. The molecular formula is C14H32N2O3. The van der Waals surface area contributed by atoms with E-state index in [1.54, 1.807) is 14.2 Å². The van der Waals surface area contributed by atoms with Crippen molar-refractivity contribution in [1.82, 2.24) is 10.2 Å². The largest absolute Gasteiger partial charge is 0.394 e. The van der Waals surface area contributed by atoms with Crippen LogP contribution in [0, 0.1) is 0 Å². The highest BCUT2D eigenvalue weighted by Gasteiger charge is 2.22. The number of likely N-dealkylation sites (N-methyl/N-ethyl adjacent to an activating group) is 1.